The van der Waals surface area contributed by atoms with E-state index in [2.05, 4.69) is 15.7 Å². The molecule has 2 N–H and O–H groups in total. The second-order valence-corrected chi connectivity index (χ2v) is 9.01. The van der Waals surface area contributed by atoms with Gasteiger partial charge in [-0.2, -0.15) is 4.39 Å². The van der Waals surface area contributed by atoms with Gasteiger partial charge in [-0.1, -0.05) is 6.92 Å². The van der Waals surface area contributed by atoms with Crippen LogP contribution in [0.15, 0.2) is 24.3 Å². The van der Waals surface area contributed by atoms with Gasteiger partial charge in [0.25, 0.3) is 17.8 Å². The molecule has 0 saturated carbocycles. The van der Waals surface area contributed by atoms with Crippen molar-refractivity contribution in [2.75, 3.05) is 31.5 Å². The maximum absolute atomic E-state index is 14.6. The maximum atomic E-state index is 14.6. The number of ether oxygens (including phenoxy) is 2. The quantitative estimate of drug-likeness (QED) is 0.580. The zero-order chi connectivity index (χ0) is 24.5. The lowest BCUT2D eigenvalue weighted by molar-refractivity contribution is -0.123. The van der Waals surface area contributed by atoms with Crippen molar-refractivity contribution in [1.29, 1.82) is 0 Å². The lowest BCUT2D eigenvalue weighted by Crippen LogP contribution is -2.53. The molecule has 3 aliphatic heterocycles. The van der Waals surface area contributed by atoms with Crippen LogP contribution in [0.2, 0.25) is 0 Å². The van der Waals surface area contributed by atoms with E-state index < -0.39 is 23.8 Å². The summed E-state index contributed by atoms with van der Waals surface area (Å²) in [5.41, 5.74) is 3.72. The largest absolute Gasteiger partial charge is 0.483 e. The number of amides is 2. The molecule has 0 spiro atoms. The van der Waals surface area contributed by atoms with Crippen LogP contribution >= 0.6 is 0 Å². The molecule has 0 aliphatic carbocycles. The zero-order valence-corrected chi connectivity index (χ0v) is 19.4. The number of aromatic nitrogens is 1. The number of hydrazine groups is 1. The molecule has 4 heterocycles. The first-order valence-corrected chi connectivity index (χ1v) is 11.8. The van der Waals surface area contributed by atoms with Crippen LogP contribution in [0, 0.1) is 11.8 Å². The molecule has 2 amide bonds. The van der Waals surface area contributed by atoms with Gasteiger partial charge in [0, 0.05) is 32.7 Å². The summed E-state index contributed by atoms with van der Waals surface area (Å²) in [6, 6.07) is 5.95. The predicted molar refractivity (Wildman–Crippen MR) is 122 cm³/mol. The van der Waals surface area contributed by atoms with Gasteiger partial charge in [-0.25, -0.2) is 14.4 Å². The van der Waals surface area contributed by atoms with Gasteiger partial charge in [0.2, 0.25) is 0 Å². The standard InChI is InChI=1S/C24H27F2N5O4/c1-2-19-24(33)28-18-10-14(9-16(25)21(18)35-19)11-30-12-15(13-30)34-20-6-5-17(27-22(20)26)23(32)29-31-7-3-4-8-31/h5-6,9-10,15,19H,2-4,7-8,11-13H2,1H3,(H,28,33)(H,29,32). The highest BCUT2D eigenvalue weighted by atomic mass is 19.1. The fourth-order valence-electron chi connectivity index (χ4n) is 4.46. The van der Waals surface area contributed by atoms with Gasteiger partial charge in [0.15, 0.2) is 23.4 Å². The van der Waals surface area contributed by atoms with Crippen LogP contribution in [0.5, 0.6) is 11.5 Å². The number of halogens is 2. The average Bonchev–Trinajstić information content (AvgIpc) is 3.31. The molecule has 1 aromatic carbocycles. The van der Waals surface area contributed by atoms with E-state index in [0.717, 1.165) is 25.9 Å². The van der Waals surface area contributed by atoms with Gasteiger partial charge in [0.1, 0.15) is 11.8 Å². The SMILES string of the molecule is CCC1Oc2c(F)cc(CN3CC(Oc4ccc(C(=O)NN5CCCC5)nc4F)C3)cc2NC1=O. The Labute approximate surface area is 201 Å². The Morgan fingerprint density at radius 2 is 2.03 bits per heavy atom. The van der Waals surface area contributed by atoms with Crippen LogP contribution in [0.1, 0.15) is 42.2 Å². The highest BCUT2D eigenvalue weighted by Crippen LogP contribution is 2.35. The Hall–Kier alpha value is -3.31. The summed E-state index contributed by atoms with van der Waals surface area (Å²) in [4.78, 5) is 30.0. The van der Waals surface area contributed by atoms with Crippen LogP contribution < -0.4 is 20.2 Å². The molecule has 3 aliphatic rings. The van der Waals surface area contributed by atoms with Crippen LogP contribution in [-0.4, -0.2) is 65.1 Å². The predicted octanol–water partition coefficient (Wildman–Crippen LogP) is 2.47. The van der Waals surface area contributed by atoms with E-state index >= 15 is 0 Å². The number of pyridine rings is 1. The minimum Gasteiger partial charge on any atom is -0.483 e. The highest BCUT2D eigenvalue weighted by molar-refractivity contribution is 5.97. The van der Waals surface area contributed by atoms with Crippen molar-refractivity contribution in [3.8, 4) is 11.5 Å². The fourth-order valence-corrected chi connectivity index (χ4v) is 4.46. The molecule has 9 nitrogen and oxygen atoms in total. The van der Waals surface area contributed by atoms with Crippen molar-refractivity contribution in [3.63, 3.8) is 0 Å². The molecule has 2 fully saturated rings. The van der Waals surface area contributed by atoms with Gasteiger partial charge in [-0.15, -0.1) is 0 Å². The van der Waals surface area contributed by atoms with Gasteiger partial charge in [0.05, 0.1) is 5.69 Å². The van der Waals surface area contributed by atoms with Crippen molar-refractivity contribution >= 4 is 17.5 Å². The second-order valence-electron chi connectivity index (χ2n) is 9.01. The highest BCUT2D eigenvalue weighted by Gasteiger charge is 2.32. The molecule has 186 valence electrons. The van der Waals surface area contributed by atoms with Gasteiger partial charge >= 0.3 is 0 Å². The number of rotatable bonds is 7. The first-order chi connectivity index (χ1) is 16.9. The number of benzene rings is 1. The number of carbonyl (C=O) groups is 2. The van der Waals surface area contributed by atoms with Crippen molar-refractivity contribution in [2.45, 2.75) is 44.9 Å². The zero-order valence-electron chi connectivity index (χ0n) is 19.4. The van der Waals surface area contributed by atoms with Crippen LogP contribution in [0.25, 0.3) is 0 Å². The van der Waals surface area contributed by atoms with Crippen LogP contribution in [0.4, 0.5) is 14.5 Å². The fraction of sp³-hybridized carbons (Fsp3) is 0.458. The van der Waals surface area contributed by atoms with Crippen LogP contribution in [-0.2, 0) is 11.3 Å². The van der Waals surface area contributed by atoms with Crippen molar-refractivity contribution in [2.24, 2.45) is 0 Å². The van der Waals surface area contributed by atoms with E-state index in [1.807, 2.05) is 4.90 Å². The minimum atomic E-state index is -0.838. The summed E-state index contributed by atoms with van der Waals surface area (Å²) in [6.07, 6.45) is 1.52. The van der Waals surface area contributed by atoms with Gasteiger partial charge < -0.3 is 14.8 Å². The third kappa shape index (κ3) is 5.06. The number of nitrogens with zero attached hydrogens (tertiary/aromatic N) is 3. The summed E-state index contributed by atoms with van der Waals surface area (Å²) in [6.45, 7) is 4.80. The molecule has 0 radical (unpaired) electrons. The molecule has 1 unspecified atom stereocenters. The Morgan fingerprint density at radius 1 is 1.26 bits per heavy atom. The number of nitrogens with one attached hydrogen (secondary N) is 2. The summed E-state index contributed by atoms with van der Waals surface area (Å²) < 4.78 is 40.2. The van der Waals surface area contributed by atoms with E-state index in [-0.39, 0.29) is 29.2 Å². The molecule has 11 heteroatoms. The maximum Gasteiger partial charge on any atom is 0.284 e. The summed E-state index contributed by atoms with van der Waals surface area (Å²) in [5, 5.41) is 4.50. The van der Waals surface area contributed by atoms with Gasteiger partial charge in [-0.3, -0.25) is 19.9 Å². The molecule has 2 aromatic rings. The number of carbonyl (C=O) groups excluding carboxylic acids is 2. The molecule has 0 bridgehead atoms. The smallest absolute Gasteiger partial charge is 0.284 e. The number of hydrogen-bond acceptors (Lipinski definition) is 7. The first-order valence-electron chi connectivity index (χ1n) is 11.8. The van der Waals surface area contributed by atoms with Crippen molar-refractivity contribution in [1.82, 2.24) is 20.3 Å². The Morgan fingerprint density at radius 3 is 2.74 bits per heavy atom. The third-order valence-corrected chi connectivity index (χ3v) is 6.32. The van der Waals surface area contributed by atoms with E-state index in [4.69, 9.17) is 9.47 Å². The van der Waals surface area contributed by atoms with Crippen molar-refractivity contribution in [3.05, 3.63) is 47.3 Å². The van der Waals surface area contributed by atoms with Gasteiger partial charge in [-0.05, 0) is 49.1 Å². The second kappa shape index (κ2) is 9.74. The molecule has 2 saturated heterocycles. The van der Waals surface area contributed by atoms with E-state index in [1.54, 1.807) is 18.0 Å². The molecular weight excluding hydrogens is 460 g/mol. The van der Waals surface area contributed by atoms with E-state index in [0.29, 0.717) is 37.3 Å². The lowest BCUT2D eigenvalue weighted by Gasteiger charge is -2.39. The number of anilines is 1. The Balaban J connectivity index is 1.14. The molecule has 35 heavy (non-hydrogen) atoms. The summed E-state index contributed by atoms with van der Waals surface area (Å²) in [7, 11) is 0. The minimum absolute atomic E-state index is 0.00671. The Kier molecular flexibility index (Phi) is 6.52. The third-order valence-electron chi connectivity index (χ3n) is 6.32. The molecule has 5 rings (SSSR count). The lowest BCUT2D eigenvalue weighted by atomic mass is 10.1. The monoisotopic (exact) mass is 487 g/mol. The molecule has 1 aromatic heterocycles. The molecule has 1 atom stereocenters. The van der Waals surface area contributed by atoms with E-state index in [1.165, 1.54) is 18.2 Å². The Bertz CT molecular complexity index is 1140. The normalized spacial score (nSPS) is 20.5. The first kappa shape index (κ1) is 23.4. The van der Waals surface area contributed by atoms with Crippen molar-refractivity contribution < 1.29 is 27.8 Å². The number of likely N-dealkylation sites (tertiary alicyclic amines) is 1. The number of fused-ring (bicyclic) bond motifs is 1. The summed E-state index contributed by atoms with van der Waals surface area (Å²) >= 11 is 0. The summed E-state index contributed by atoms with van der Waals surface area (Å²) in [5.74, 6) is -2.05. The topological polar surface area (TPSA) is 96.0 Å². The molecular formula is C24H27F2N5O4. The average molecular weight is 488 g/mol. The van der Waals surface area contributed by atoms with Crippen LogP contribution in [0.3, 0.4) is 0 Å². The van der Waals surface area contributed by atoms with E-state index in [9.17, 15) is 18.4 Å². The number of hydrogen-bond donors (Lipinski definition) is 2.